The van der Waals surface area contributed by atoms with Crippen LogP contribution < -0.4 is 0 Å². The van der Waals surface area contributed by atoms with Crippen molar-refractivity contribution < 1.29 is 4.79 Å². The fraction of sp³-hybridized carbons (Fsp3) is 0.769. The number of allylic oxidation sites excluding steroid dienone is 2. The standard InChI is InChI=1S/C13H20O/c1-13(2,3)10-5-6-11-9(8-10)4-7-12(11)14/h10H,4-8H2,1-3H3. The Hall–Kier alpha value is -0.590. The topological polar surface area (TPSA) is 17.1 Å². The van der Waals surface area contributed by atoms with E-state index in [2.05, 4.69) is 20.8 Å². The molecule has 1 atom stereocenters. The smallest absolute Gasteiger partial charge is 0.159 e. The highest BCUT2D eigenvalue weighted by molar-refractivity contribution is 5.98. The molecule has 1 unspecified atom stereocenters. The molecule has 0 saturated heterocycles. The molecular weight excluding hydrogens is 172 g/mol. The number of carbonyl (C=O) groups excluding carboxylic acids is 1. The van der Waals surface area contributed by atoms with Crippen LogP contribution >= 0.6 is 0 Å². The first-order chi connectivity index (χ1) is 6.48. The summed E-state index contributed by atoms with van der Waals surface area (Å²) in [4.78, 5) is 11.5. The van der Waals surface area contributed by atoms with Gasteiger partial charge in [-0.25, -0.2) is 0 Å². The number of hydrogen-bond acceptors (Lipinski definition) is 1. The fourth-order valence-corrected chi connectivity index (χ4v) is 2.76. The van der Waals surface area contributed by atoms with Gasteiger partial charge in [-0.15, -0.1) is 0 Å². The zero-order valence-corrected chi connectivity index (χ0v) is 9.52. The Bertz CT molecular complexity index is 291. The maximum absolute atomic E-state index is 11.5. The number of hydrogen-bond donors (Lipinski definition) is 0. The SMILES string of the molecule is CC(C)(C)C1CCC2=C(CCC2=O)C1. The van der Waals surface area contributed by atoms with Gasteiger partial charge in [-0.05, 0) is 42.6 Å². The van der Waals surface area contributed by atoms with E-state index in [1.807, 2.05) is 0 Å². The van der Waals surface area contributed by atoms with Crippen LogP contribution in [-0.2, 0) is 4.79 Å². The first-order valence-electron chi connectivity index (χ1n) is 5.72. The Morgan fingerprint density at radius 2 is 1.86 bits per heavy atom. The summed E-state index contributed by atoms with van der Waals surface area (Å²) in [5.41, 5.74) is 3.09. The molecule has 0 saturated carbocycles. The third-order valence-electron chi connectivity index (χ3n) is 3.88. The monoisotopic (exact) mass is 192 g/mol. The van der Waals surface area contributed by atoms with Crippen LogP contribution in [0.5, 0.6) is 0 Å². The molecule has 0 aromatic carbocycles. The molecule has 1 nitrogen and oxygen atoms in total. The third-order valence-corrected chi connectivity index (χ3v) is 3.88. The molecule has 0 aromatic heterocycles. The van der Waals surface area contributed by atoms with Crippen molar-refractivity contribution in [2.24, 2.45) is 11.3 Å². The van der Waals surface area contributed by atoms with Gasteiger partial charge in [0.05, 0.1) is 0 Å². The van der Waals surface area contributed by atoms with Crippen LogP contribution in [0.2, 0.25) is 0 Å². The second-order valence-electron chi connectivity index (χ2n) is 5.81. The Labute approximate surface area is 86.6 Å². The van der Waals surface area contributed by atoms with Crippen molar-refractivity contribution in [3.05, 3.63) is 11.1 Å². The molecule has 0 heterocycles. The van der Waals surface area contributed by atoms with E-state index in [0.29, 0.717) is 11.2 Å². The van der Waals surface area contributed by atoms with Gasteiger partial charge in [0.1, 0.15) is 0 Å². The quantitative estimate of drug-likeness (QED) is 0.574. The second kappa shape index (κ2) is 3.22. The lowest BCUT2D eigenvalue weighted by molar-refractivity contribution is -0.115. The second-order valence-corrected chi connectivity index (χ2v) is 5.81. The molecule has 0 spiro atoms. The summed E-state index contributed by atoms with van der Waals surface area (Å²) in [5.74, 6) is 1.22. The van der Waals surface area contributed by atoms with Crippen molar-refractivity contribution in [1.29, 1.82) is 0 Å². The highest BCUT2D eigenvalue weighted by Crippen LogP contribution is 2.44. The molecule has 0 bridgehead atoms. The molecule has 0 radical (unpaired) electrons. The summed E-state index contributed by atoms with van der Waals surface area (Å²) in [5, 5.41) is 0. The number of ketones is 1. The highest BCUT2D eigenvalue weighted by atomic mass is 16.1. The van der Waals surface area contributed by atoms with E-state index in [9.17, 15) is 4.79 Å². The average Bonchev–Trinajstić information content (AvgIpc) is 2.46. The van der Waals surface area contributed by atoms with Crippen LogP contribution in [0.15, 0.2) is 11.1 Å². The van der Waals surface area contributed by atoms with Gasteiger partial charge >= 0.3 is 0 Å². The van der Waals surface area contributed by atoms with Gasteiger partial charge in [0.15, 0.2) is 5.78 Å². The van der Waals surface area contributed by atoms with E-state index < -0.39 is 0 Å². The number of carbonyl (C=O) groups is 1. The maximum Gasteiger partial charge on any atom is 0.159 e. The lowest BCUT2D eigenvalue weighted by Gasteiger charge is -2.34. The van der Waals surface area contributed by atoms with Crippen molar-refractivity contribution in [1.82, 2.24) is 0 Å². The minimum Gasteiger partial charge on any atom is -0.295 e. The van der Waals surface area contributed by atoms with Gasteiger partial charge in [0.25, 0.3) is 0 Å². The molecule has 2 aliphatic rings. The molecule has 0 aromatic rings. The van der Waals surface area contributed by atoms with E-state index in [4.69, 9.17) is 0 Å². The van der Waals surface area contributed by atoms with Gasteiger partial charge in [-0.2, -0.15) is 0 Å². The van der Waals surface area contributed by atoms with Crippen molar-refractivity contribution in [3.8, 4) is 0 Å². The van der Waals surface area contributed by atoms with Gasteiger partial charge in [0.2, 0.25) is 0 Å². The van der Waals surface area contributed by atoms with Crippen LogP contribution in [0, 0.1) is 11.3 Å². The molecule has 0 N–H and O–H groups in total. The summed E-state index contributed by atoms with van der Waals surface area (Å²) >= 11 is 0. The van der Waals surface area contributed by atoms with Crippen molar-refractivity contribution in [2.75, 3.05) is 0 Å². The molecule has 14 heavy (non-hydrogen) atoms. The van der Waals surface area contributed by atoms with Crippen molar-refractivity contribution >= 4 is 5.78 Å². The molecule has 78 valence electrons. The first-order valence-corrected chi connectivity index (χ1v) is 5.72. The van der Waals surface area contributed by atoms with Crippen LogP contribution in [0.4, 0.5) is 0 Å². The lowest BCUT2D eigenvalue weighted by Crippen LogP contribution is -2.24. The van der Waals surface area contributed by atoms with E-state index in [-0.39, 0.29) is 0 Å². The first kappa shape index (κ1) is 9.95. The molecule has 0 fully saturated rings. The largest absolute Gasteiger partial charge is 0.295 e. The highest BCUT2D eigenvalue weighted by Gasteiger charge is 2.34. The third kappa shape index (κ3) is 1.65. The molecule has 2 rings (SSSR count). The predicted molar refractivity (Wildman–Crippen MR) is 58.1 cm³/mol. The Morgan fingerprint density at radius 3 is 2.50 bits per heavy atom. The van der Waals surface area contributed by atoms with E-state index >= 15 is 0 Å². The van der Waals surface area contributed by atoms with E-state index in [1.54, 1.807) is 0 Å². The average molecular weight is 192 g/mol. The Balaban J connectivity index is 2.15. The van der Waals surface area contributed by atoms with Gasteiger partial charge < -0.3 is 0 Å². The van der Waals surface area contributed by atoms with Crippen LogP contribution in [0.25, 0.3) is 0 Å². The summed E-state index contributed by atoms with van der Waals surface area (Å²) in [7, 11) is 0. The summed E-state index contributed by atoms with van der Waals surface area (Å²) in [6.07, 6.45) is 5.30. The lowest BCUT2D eigenvalue weighted by atomic mass is 9.71. The van der Waals surface area contributed by atoms with Crippen LogP contribution in [0.1, 0.15) is 52.9 Å². The van der Waals surface area contributed by atoms with Gasteiger partial charge in [0, 0.05) is 6.42 Å². The molecule has 0 amide bonds. The molecular formula is C13H20O. The zero-order valence-electron chi connectivity index (χ0n) is 9.52. The number of rotatable bonds is 0. The Kier molecular flexibility index (Phi) is 2.29. The zero-order chi connectivity index (χ0) is 10.3. The van der Waals surface area contributed by atoms with E-state index in [1.165, 1.54) is 24.0 Å². The normalized spacial score (nSPS) is 28.2. The minimum absolute atomic E-state index is 0.407. The van der Waals surface area contributed by atoms with Crippen LogP contribution in [0.3, 0.4) is 0 Å². The molecule has 0 aliphatic heterocycles. The van der Waals surface area contributed by atoms with Gasteiger partial charge in [-0.3, -0.25) is 4.79 Å². The predicted octanol–water partition coefficient (Wildman–Crippen LogP) is 3.49. The number of Topliss-reactive ketones (excluding diaryl/α,β-unsaturated/α-hetero) is 1. The van der Waals surface area contributed by atoms with Gasteiger partial charge in [-0.1, -0.05) is 26.3 Å². The minimum atomic E-state index is 0.407. The molecule has 2 aliphatic carbocycles. The fourth-order valence-electron chi connectivity index (χ4n) is 2.76. The Morgan fingerprint density at radius 1 is 1.14 bits per heavy atom. The summed E-state index contributed by atoms with van der Waals surface area (Å²) in [6.45, 7) is 6.96. The van der Waals surface area contributed by atoms with Crippen molar-refractivity contribution in [3.63, 3.8) is 0 Å². The van der Waals surface area contributed by atoms with Crippen LogP contribution in [-0.4, -0.2) is 5.78 Å². The maximum atomic E-state index is 11.5. The van der Waals surface area contributed by atoms with Crippen molar-refractivity contribution in [2.45, 2.75) is 52.9 Å². The summed E-state index contributed by atoms with van der Waals surface area (Å²) in [6, 6.07) is 0. The summed E-state index contributed by atoms with van der Waals surface area (Å²) < 4.78 is 0. The molecule has 1 heteroatoms. The van der Waals surface area contributed by atoms with E-state index in [0.717, 1.165) is 25.2 Å².